The molecule has 2 rings (SSSR count). The molecule has 1 aromatic carbocycles. The van der Waals surface area contributed by atoms with Crippen LogP contribution in [-0.2, 0) is 0 Å². The van der Waals surface area contributed by atoms with Gasteiger partial charge in [-0.25, -0.2) is 0 Å². The molecule has 32 valence electrons. The van der Waals surface area contributed by atoms with Gasteiger partial charge in [0.15, 0.2) is 0 Å². The van der Waals surface area contributed by atoms with Gasteiger partial charge >= 0.3 is 0 Å². The first-order valence-electron chi connectivity index (χ1n) is 2.33. The maximum absolute atomic E-state index is 2.19. The van der Waals surface area contributed by atoms with E-state index in [1.54, 1.807) is 10.4 Å². The summed E-state index contributed by atoms with van der Waals surface area (Å²) in [7, 11) is 1.04. The molecule has 0 amide bonds. The third kappa shape index (κ3) is 0.415. The number of hydrogen-bond donors (Lipinski definition) is 0. The zero-order chi connectivity index (χ0) is 4.69. The van der Waals surface area contributed by atoms with Crippen LogP contribution in [0.1, 0.15) is 0 Å². The molecule has 0 N–H and O–H groups in total. The van der Waals surface area contributed by atoms with Crippen LogP contribution in [-0.4, -0.2) is 9.52 Å². The lowest BCUT2D eigenvalue weighted by Crippen LogP contribution is -1.83. The lowest BCUT2D eigenvalue weighted by atomic mass is 10.4. The van der Waals surface area contributed by atoms with Crippen molar-refractivity contribution in [2.75, 3.05) is 0 Å². The average molecular weight is 104 g/mol. The van der Waals surface area contributed by atoms with E-state index in [9.17, 15) is 0 Å². The number of hydrogen-bond acceptors (Lipinski definition) is 0. The van der Waals surface area contributed by atoms with Crippen molar-refractivity contribution in [2.24, 2.45) is 0 Å². The van der Waals surface area contributed by atoms with Crippen molar-refractivity contribution in [2.45, 2.75) is 0 Å². The van der Waals surface area contributed by atoms with E-state index in [4.69, 9.17) is 0 Å². The summed E-state index contributed by atoms with van der Waals surface area (Å²) in [5, 5.41) is 3.12. The Balaban J connectivity index is 2.73. The molecule has 7 heavy (non-hydrogen) atoms. The van der Waals surface area contributed by atoms with Crippen LogP contribution in [0.4, 0.5) is 0 Å². The van der Waals surface area contributed by atoms with Crippen LogP contribution in [0.2, 0.25) is 0 Å². The van der Waals surface area contributed by atoms with E-state index < -0.39 is 0 Å². The summed E-state index contributed by atoms with van der Waals surface area (Å²) in [6.45, 7) is 0. The molecule has 0 aliphatic carbocycles. The minimum absolute atomic E-state index is 1.04. The fourth-order valence-electron chi connectivity index (χ4n) is 0.680. The van der Waals surface area contributed by atoms with Crippen molar-refractivity contribution in [3.05, 3.63) is 24.3 Å². The zero-order valence-corrected chi connectivity index (χ0v) is 4.81. The van der Waals surface area contributed by atoms with Crippen molar-refractivity contribution in [3.8, 4) is 0 Å². The fraction of sp³-hybridized carbons (Fsp3) is 0. The summed E-state index contributed by atoms with van der Waals surface area (Å²) in [6.07, 6.45) is 0. The number of rotatable bonds is 0. The fourth-order valence-corrected chi connectivity index (χ4v) is 1.43. The van der Waals surface area contributed by atoms with Crippen molar-refractivity contribution in [1.82, 2.24) is 0 Å². The highest BCUT2D eigenvalue weighted by Gasteiger charge is 2.14. The van der Waals surface area contributed by atoms with Gasteiger partial charge in [-0.3, -0.25) is 0 Å². The molecule has 1 aromatic rings. The first-order chi connectivity index (χ1) is 3.47. The summed E-state index contributed by atoms with van der Waals surface area (Å²) in [4.78, 5) is 0. The Kier molecular flexibility index (Phi) is 0.483. The molecule has 1 aliphatic rings. The van der Waals surface area contributed by atoms with Crippen LogP contribution in [0.5, 0.6) is 0 Å². The van der Waals surface area contributed by atoms with Gasteiger partial charge in [-0.2, -0.15) is 0 Å². The summed E-state index contributed by atoms with van der Waals surface area (Å²) in [5.41, 5.74) is 0. The number of benzene rings is 1. The smallest absolute Gasteiger partial charge is 0.0632 e. The predicted octanol–water partition coefficient (Wildman–Crippen LogP) is -0.345. The Morgan fingerprint density at radius 1 is 1.00 bits per heavy atom. The van der Waals surface area contributed by atoms with Gasteiger partial charge < -0.3 is 0 Å². The molecule has 0 aromatic heterocycles. The monoisotopic (exact) mass is 104 g/mol. The molecule has 0 fully saturated rings. The lowest BCUT2D eigenvalue weighted by Gasteiger charge is -1.69. The quantitative estimate of drug-likeness (QED) is 0.401. The van der Waals surface area contributed by atoms with Crippen LogP contribution in [0.25, 0.3) is 0 Å². The largest absolute Gasteiger partial charge is 0.121 e. The van der Waals surface area contributed by atoms with Crippen molar-refractivity contribution in [1.29, 1.82) is 0 Å². The third-order valence-corrected chi connectivity index (χ3v) is 2.29. The van der Waals surface area contributed by atoms with Crippen molar-refractivity contribution in [3.63, 3.8) is 0 Å². The van der Waals surface area contributed by atoms with Crippen LogP contribution < -0.4 is 10.4 Å². The highest BCUT2D eigenvalue weighted by molar-refractivity contribution is 6.86. The van der Waals surface area contributed by atoms with Crippen molar-refractivity contribution < 1.29 is 0 Å². The highest BCUT2D eigenvalue weighted by atomic mass is 28.2. The predicted molar refractivity (Wildman–Crippen MR) is 31.5 cm³/mol. The molecule has 0 bridgehead atoms. The maximum Gasteiger partial charge on any atom is 0.121 e. The first-order valence-corrected chi connectivity index (χ1v) is 3.33. The average Bonchev–Trinajstić information content (AvgIpc) is 2.41. The van der Waals surface area contributed by atoms with E-state index in [1.165, 1.54) is 0 Å². The Hall–Kier alpha value is -0.563. The first kappa shape index (κ1) is 3.44. The van der Waals surface area contributed by atoms with Gasteiger partial charge in [0, 0.05) is 0 Å². The molecule has 0 atom stereocenters. The second-order valence-corrected chi connectivity index (χ2v) is 3.00. The normalized spacial score (nSPS) is 13.1. The van der Waals surface area contributed by atoms with Gasteiger partial charge in [0.25, 0.3) is 0 Å². The molecule has 1 aliphatic heterocycles. The third-order valence-electron chi connectivity index (χ3n) is 1.13. The van der Waals surface area contributed by atoms with Gasteiger partial charge in [0.1, 0.15) is 9.52 Å². The standard InChI is InChI=1S/C6H4Si/c1-2-4-6-5(3-1)7-6/h1-4H. The molecule has 0 saturated carbocycles. The van der Waals surface area contributed by atoms with E-state index in [2.05, 4.69) is 24.3 Å². The summed E-state index contributed by atoms with van der Waals surface area (Å²) < 4.78 is 0. The van der Waals surface area contributed by atoms with E-state index in [-0.39, 0.29) is 0 Å². The SMILES string of the molecule is c1ccc2c(c1)[Si]2. The van der Waals surface area contributed by atoms with Gasteiger partial charge in [0.2, 0.25) is 0 Å². The van der Waals surface area contributed by atoms with Crippen LogP contribution in [0.3, 0.4) is 0 Å². The molecular weight excluding hydrogens is 100 g/mol. The molecule has 2 radical (unpaired) electrons. The number of fused-ring (bicyclic) bond motifs is 1. The molecular formula is C6H4Si. The molecule has 0 unspecified atom stereocenters. The summed E-state index contributed by atoms with van der Waals surface area (Å²) in [5.74, 6) is 0. The summed E-state index contributed by atoms with van der Waals surface area (Å²) in [6, 6.07) is 8.57. The second-order valence-electron chi connectivity index (χ2n) is 1.67. The van der Waals surface area contributed by atoms with Crippen LogP contribution in [0, 0.1) is 0 Å². The minimum Gasteiger partial charge on any atom is -0.0632 e. The molecule has 1 heterocycles. The Morgan fingerprint density at radius 2 is 1.57 bits per heavy atom. The zero-order valence-electron chi connectivity index (χ0n) is 3.81. The van der Waals surface area contributed by atoms with Crippen LogP contribution in [0.15, 0.2) is 24.3 Å². The van der Waals surface area contributed by atoms with Crippen LogP contribution >= 0.6 is 0 Å². The second kappa shape index (κ2) is 0.983. The van der Waals surface area contributed by atoms with E-state index in [0.29, 0.717) is 0 Å². The molecule has 0 spiro atoms. The molecule has 0 nitrogen and oxygen atoms in total. The topological polar surface area (TPSA) is 0 Å². The van der Waals surface area contributed by atoms with E-state index in [1.807, 2.05) is 0 Å². The van der Waals surface area contributed by atoms with Crippen molar-refractivity contribution >= 4 is 19.9 Å². The molecule has 1 heteroatoms. The van der Waals surface area contributed by atoms with Gasteiger partial charge in [-0.05, 0) is 0 Å². The maximum atomic E-state index is 2.19. The minimum atomic E-state index is 1.04. The van der Waals surface area contributed by atoms with E-state index in [0.717, 1.165) is 9.52 Å². The van der Waals surface area contributed by atoms with Gasteiger partial charge in [0.05, 0.1) is 0 Å². The molecule has 0 saturated heterocycles. The lowest BCUT2D eigenvalue weighted by molar-refractivity contribution is 1.87. The van der Waals surface area contributed by atoms with E-state index >= 15 is 0 Å². The van der Waals surface area contributed by atoms with Gasteiger partial charge in [-0.15, -0.1) is 0 Å². The Morgan fingerprint density at radius 3 is 2.00 bits per heavy atom. The Labute approximate surface area is 45.0 Å². The highest BCUT2D eigenvalue weighted by Crippen LogP contribution is 1.87. The van der Waals surface area contributed by atoms with Gasteiger partial charge in [-0.1, -0.05) is 34.6 Å². The summed E-state index contributed by atoms with van der Waals surface area (Å²) >= 11 is 0. The Bertz CT molecular complexity index is 172.